The van der Waals surface area contributed by atoms with Crippen molar-refractivity contribution in [2.75, 3.05) is 6.61 Å². The predicted molar refractivity (Wildman–Crippen MR) is 109 cm³/mol. The largest absolute Gasteiger partial charge is 0.462 e. The Morgan fingerprint density at radius 2 is 1.96 bits per heavy atom. The summed E-state index contributed by atoms with van der Waals surface area (Å²) >= 11 is 7.74. The van der Waals surface area contributed by atoms with Crippen molar-refractivity contribution in [1.29, 1.82) is 0 Å². The van der Waals surface area contributed by atoms with Crippen LogP contribution in [0.4, 0.5) is 0 Å². The summed E-state index contributed by atoms with van der Waals surface area (Å²) in [5, 5.41) is 2.31. The monoisotopic (exact) mass is 410 g/mol. The van der Waals surface area contributed by atoms with Crippen molar-refractivity contribution in [1.82, 2.24) is 9.38 Å². The fourth-order valence-electron chi connectivity index (χ4n) is 2.99. The summed E-state index contributed by atoms with van der Waals surface area (Å²) in [5.74, 6) is -0.775. The van der Waals surface area contributed by atoms with E-state index in [4.69, 9.17) is 16.3 Å². The molecule has 140 valence electrons. The molecule has 0 unspecified atom stereocenters. The molecular weight excluding hydrogens is 396 g/mol. The summed E-state index contributed by atoms with van der Waals surface area (Å²) in [6.45, 7) is 1.98. The third-order valence-electron chi connectivity index (χ3n) is 4.28. The molecule has 5 nitrogen and oxygen atoms in total. The van der Waals surface area contributed by atoms with Gasteiger partial charge >= 0.3 is 5.97 Å². The van der Waals surface area contributed by atoms with Gasteiger partial charge in [-0.2, -0.15) is 0 Å². The number of benzene rings is 1. The van der Waals surface area contributed by atoms with Crippen LogP contribution in [0.3, 0.4) is 0 Å². The number of rotatable bonds is 5. The second kappa shape index (κ2) is 7.58. The average molecular weight is 411 g/mol. The highest BCUT2D eigenvalue weighted by atomic mass is 35.5. The van der Waals surface area contributed by atoms with Gasteiger partial charge in [-0.1, -0.05) is 29.8 Å². The van der Waals surface area contributed by atoms with Crippen LogP contribution < -0.4 is 0 Å². The Bertz CT molecular complexity index is 1180. The first-order valence-electron chi connectivity index (χ1n) is 8.61. The average Bonchev–Trinajstić information content (AvgIpc) is 3.36. The van der Waals surface area contributed by atoms with Crippen LogP contribution in [0.25, 0.3) is 16.1 Å². The molecule has 0 aliphatic heterocycles. The minimum absolute atomic E-state index is 0.243. The van der Waals surface area contributed by atoms with Gasteiger partial charge in [0, 0.05) is 5.56 Å². The normalized spacial score (nSPS) is 10.9. The Labute approximate surface area is 170 Å². The molecule has 0 saturated heterocycles. The number of ether oxygens (including phenoxy) is 1. The Kier molecular flexibility index (Phi) is 4.98. The summed E-state index contributed by atoms with van der Waals surface area (Å²) in [4.78, 5) is 31.0. The van der Waals surface area contributed by atoms with E-state index in [-0.39, 0.29) is 12.4 Å². The van der Waals surface area contributed by atoms with Crippen LogP contribution in [0.2, 0.25) is 5.02 Å². The van der Waals surface area contributed by atoms with Crippen LogP contribution in [0.1, 0.15) is 33.3 Å². The van der Waals surface area contributed by atoms with E-state index in [0.29, 0.717) is 27.4 Å². The van der Waals surface area contributed by atoms with Crippen LogP contribution in [0, 0.1) is 0 Å². The van der Waals surface area contributed by atoms with Crippen LogP contribution in [0.15, 0.2) is 60.2 Å². The lowest BCUT2D eigenvalue weighted by Gasteiger charge is -2.05. The molecule has 4 rings (SSSR count). The molecule has 0 amide bonds. The molecule has 3 aromatic heterocycles. The fourth-order valence-corrected chi connectivity index (χ4v) is 3.90. The number of fused-ring (bicyclic) bond motifs is 1. The molecule has 0 aliphatic carbocycles. The fraction of sp³-hybridized carbons (Fsp3) is 0.0952. The van der Waals surface area contributed by atoms with Gasteiger partial charge in [-0.25, -0.2) is 9.78 Å². The van der Waals surface area contributed by atoms with Crippen LogP contribution in [-0.4, -0.2) is 27.7 Å². The molecular formula is C21H15ClN2O3S. The molecule has 3 heterocycles. The molecule has 28 heavy (non-hydrogen) atoms. The molecule has 0 bridgehead atoms. The maximum atomic E-state index is 13.1. The highest BCUT2D eigenvalue weighted by molar-refractivity contribution is 7.13. The second-order valence-corrected chi connectivity index (χ2v) is 7.33. The van der Waals surface area contributed by atoms with E-state index >= 15 is 0 Å². The number of hydrogen-bond acceptors (Lipinski definition) is 5. The number of nitrogens with zero attached hydrogens (tertiary/aromatic N) is 2. The molecule has 4 aromatic rings. The van der Waals surface area contributed by atoms with Gasteiger partial charge in [0.05, 0.1) is 39.0 Å². The van der Waals surface area contributed by atoms with Gasteiger partial charge in [0.1, 0.15) is 6.33 Å². The maximum Gasteiger partial charge on any atom is 0.340 e. The van der Waals surface area contributed by atoms with Crippen molar-refractivity contribution in [3.05, 3.63) is 82.1 Å². The van der Waals surface area contributed by atoms with Crippen molar-refractivity contribution in [3.63, 3.8) is 0 Å². The summed E-state index contributed by atoms with van der Waals surface area (Å²) < 4.78 is 6.79. The number of ketones is 1. The van der Waals surface area contributed by atoms with Crippen LogP contribution in [0.5, 0.6) is 0 Å². The Morgan fingerprint density at radius 3 is 2.68 bits per heavy atom. The lowest BCUT2D eigenvalue weighted by atomic mass is 10.1. The van der Waals surface area contributed by atoms with Gasteiger partial charge in [0.2, 0.25) is 5.78 Å². The third kappa shape index (κ3) is 3.21. The van der Waals surface area contributed by atoms with Crippen LogP contribution >= 0.6 is 22.9 Å². The van der Waals surface area contributed by atoms with E-state index in [1.807, 2.05) is 17.5 Å². The molecule has 0 fully saturated rings. The number of aromatic nitrogens is 2. The SMILES string of the molecule is CCOC(=O)c1cc(C(=O)c2ccccc2Cl)n2cnc(-c3cccs3)cc12. The third-order valence-corrected chi connectivity index (χ3v) is 5.50. The lowest BCUT2D eigenvalue weighted by molar-refractivity contribution is 0.0529. The van der Waals surface area contributed by atoms with E-state index in [2.05, 4.69) is 4.98 Å². The number of esters is 1. The molecule has 1 aromatic carbocycles. The zero-order valence-corrected chi connectivity index (χ0v) is 16.5. The van der Waals surface area contributed by atoms with Gasteiger partial charge in [-0.05, 0) is 42.6 Å². The number of halogens is 1. The van der Waals surface area contributed by atoms with Crippen molar-refractivity contribution >= 4 is 40.2 Å². The second-order valence-electron chi connectivity index (χ2n) is 5.98. The quantitative estimate of drug-likeness (QED) is 0.338. The zero-order chi connectivity index (χ0) is 19.7. The van der Waals surface area contributed by atoms with E-state index in [0.717, 1.165) is 10.6 Å². The summed E-state index contributed by atoms with van der Waals surface area (Å²) in [6.07, 6.45) is 1.55. The van der Waals surface area contributed by atoms with Crippen molar-refractivity contribution < 1.29 is 14.3 Å². The molecule has 0 aliphatic rings. The van der Waals surface area contributed by atoms with E-state index in [9.17, 15) is 9.59 Å². The zero-order valence-electron chi connectivity index (χ0n) is 14.9. The highest BCUT2D eigenvalue weighted by Gasteiger charge is 2.23. The lowest BCUT2D eigenvalue weighted by Crippen LogP contribution is -2.06. The highest BCUT2D eigenvalue weighted by Crippen LogP contribution is 2.28. The maximum absolute atomic E-state index is 13.1. The smallest absolute Gasteiger partial charge is 0.340 e. The van der Waals surface area contributed by atoms with Crippen molar-refractivity contribution in [3.8, 4) is 10.6 Å². The summed E-state index contributed by atoms with van der Waals surface area (Å²) in [5.41, 5.74) is 2.27. The molecule has 0 N–H and O–H groups in total. The minimum Gasteiger partial charge on any atom is -0.462 e. The van der Waals surface area contributed by atoms with Gasteiger partial charge < -0.3 is 4.74 Å². The summed E-state index contributed by atoms with van der Waals surface area (Å²) in [7, 11) is 0. The first-order valence-corrected chi connectivity index (χ1v) is 9.87. The van der Waals surface area contributed by atoms with Gasteiger partial charge in [0.15, 0.2) is 0 Å². The molecule has 0 radical (unpaired) electrons. The topological polar surface area (TPSA) is 60.7 Å². The number of carbonyl (C=O) groups is 2. The Morgan fingerprint density at radius 1 is 1.14 bits per heavy atom. The van der Waals surface area contributed by atoms with Crippen LogP contribution in [-0.2, 0) is 4.74 Å². The molecule has 0 atom stereocenters. The molecule has 0 saturated carbocycles. The number of thiophene rings is 1. The minimum atomic E-state index is -0.485. The Hall–Kier alpha value is -2.96. The van der Waals surface area contributed by atoms with Crippen molar-refractivity contribution in [2.24, 2.45) is 0 Å². The van der Waals surface area contributed by atoms with Gasteiger partial charge in [0.25, 0.3) is 0 Å². The van der Waals surface area contributed by atoms with E-state index in [1.54, 1.807) is 65.4 Å². The molecule has 0 spiro atoms. The van der Waals surface area contributed by atoms with Crippen molar-refractivity contribution in [2.45, 2.75) is 6.92 Å². The van der Waals surface area contributed by atoms with E-state index < -0.39 is 5.97 Å². The van der Waals surface area contributed by atoms with Gasteiger partial charge in [-0.3, -0.25) is 9.20 Å². The Balaban J connectivity index is 1.91. The van der Waals surface area contributed by atoms with E-state index in [1.165, 1.54) is 0 Å². The molecule has 7 heteroatoms. The first kappa shape index (κ1) is 18.4. The number of carbonyl (C=O) groups excluding carboxylic acids is 2. The first-order chi connectivity index (χ1) is 13.6. The predicted octanol–water partition coefficient (Wildman–Crippen LogP) is 5.12. The van der Waals surface area contributed by atoms with Gasteiger partial charge in [-0.15, -0.1) is 11.3 Å². The number of hydrogen-bond donors (Lipinski definition) is 0. The summed E-state index contributed by atoms with van der Waals surface area (Å²) in [6, 6.07) is 14.0. The standard InChI is InChI=1S/C21H15ClN2O3S/c1-2-27-21(26)14-10-18(20(25)13-6-3-4-7-15(13)22)24-12-23-16(11-17(14)24)19-8-5-9-28-19/h3-12H,2H2,1H3.